The van der Waals surface area contributed by atoms with Crippen LogP contribution in [0.2, 0.25) is 0 Å². The first-order valence-electron chi connectivity index (χ1n) is 13.0. The van der Waals surface area contributed by atoms with Crippen LogP contribution in [0.4, 0.5) is 0 Å². The van der Waals surface area contributed by atoms with Crippen molar-refractivity contribution in [2.45, 2.75) is 38.8 Å². The van der Waals surface area contributed by atoms with E-state index in [1.54, 1.807) is 0 Å². The second-order valence-corrected chi connectivity index (χ2v) is 10.0. The van der Waals surface area contributed by atoms with Crippen molar-refractivity contribution in [3.63, 3.8) is 0 Å². The number of rotatable bonds is 7. The number of nitrogens with zero attached hydrogens (tertiary/aromatic N) is 3. The number of nitrogens with one attached hydrogen (secondary N) is 4. The highest BCUT2D eigenvalue weighted by atomic mass is 16.1. The average molecular weight is 506 g/mol. The molecule has 2 aromatic heterocycles. The first kappa shape index (κ1) is 24.1. The number of hydrogen-bond acceptors (Lipinski definition) is 5. The largest absolute Gasteiger partial charge is 0.352 e. The van der Waals surface area contributed by atoms with Crippen molar-refractivity contribution in [3.8, 4) is 0 Å². The number of imidazole rings is 2. The number of carbonyl (C=O) groups excluding carboxylic acids is 1. The van der Waals surface area contributed by atoms with Crippen molar-refractivity contribution in [2.75, 3.05) is 6.54 Å². The van der Waals surface area contributed by atoms with E-state index in [1.807, 2.05) is 48.9 Å². The van der Waals surface area contributed by atoms with Crippen LogP contribution >= 0.6 is 0 Å². The summed E-state index contributed by atoms with van der Waals surface area (Å²) in [5.41, 5.74) is 6.36. The molecule has 1 aliphatic heterocycles. The SMILES string of the molecule is CC(=N)C1Cc2nc(Cc3nc4ccc(C(=O)NCCc5cccc6ccccc56)cc4n3C)[nH]c2CN1. The zero-order chi connectivity index (χ0) is 26.2. The van der Waals surface area contributed by atoms with Gasteiger partial charge < -0.3 is 25.6 Å². The smallest absolute Gasteiger partial charge is 0.251 e. The molecule has 8 nitrogen and oxygen atoms in total. The highest BCUT2D eigenvalue weighted by Crippen LogP contribution is 2.21. The monoisotopic (exact) mass is 505 g/mol. The van der Waals surface area contributed by atoms with Crippen LogP contribution in [0.25, 0.3) is 21.8 Å². The minimum absolute atomic E-state index is 0.0472. The zero-order valence-corrected chi connectivity index (χ0v) is 21.6. The first-order valence-corrected chi connectivity index (χ1v) is 13.0. The third-order valence-electron chi connectivity index (χ3n) is 7.48. The molecule has 1 aliphatic rings. The van der Waals surface area contributed by atoms with E-state index in [4.69, 9.17) is 15.4 Å². The molecular weight excluding hydrogens is 474 g/mol. The zero-order valence-electron chi connectivity index (χ0n) is 21.6. The van der Waals surface area contributed by atoms with E-state index in [0.717, 1.165) is 46.9 Å². The van der Waals surface area contributed by atoms with Crippen molar-refractivity contribution in [1.82, 2.24) is 30.2 Å². The second-order valence-electron chi connectivity index (χ2n) is 10.0. The van der Waals surface area contributed by atoms with Gasteiger partial charge in [-0.3, -0.25) is 4.79 Å². The van der Waals surface area contributed by atoms with Gasteiger partial charge in [0.1, 0.15) is 11.6 Å². The molecule has 4 N–H and O–H groups in total. The Hall–Kier alpha value is -4.30. The Labute approximate surface area is 221 Å². The van der Waals surface area contributed by atoms with E-state index in [1.165, 1.54) is 16.3 Å². The number of fused-ring (bicyclic) bond motifs is 3. The van der Waals surface area contributed by atoms with E-state index in [9.17, 15) is 4.79 Å². The predicted molar refractivity (Wildman–Crippen MR) is 150 cm³/mol. The maximum Gasteiger partial charge on any atom is 0.251 e. The van der Waals surface area contributed by atoms with Crippen molar-refractivity contribution in [2.24, 2.45) is 7.05 Å². The van der Waals surface area contributed by atoms with Crippen LogP contribution in [-0.4, -0.2) is 43.7 Å². The number of benzene rings is 3. The van der Waals surface area contributed by atoms with Gasteiger partial charge in [0.25, 0.3) is 5.91 Å². The molecule has 3 aromatic carbocycles. The van der Waals surface area contributed by atoms with Gasteiger partial charge in [0.15, 0.2) is 0 Å². The van der Waals surface area contributed by atoms with Gasteiger partial charge in [0.2, 0.25) is 0 Å². The lowest BCUT2D eigenvalue weighted by molar-refractivity contribution is 0.0954. The minimum Gasteiger partial charge on any atom is -0.352 e. The van der Waals surface area contributed by atoms with Gasteiger partial charge in [-0.15, -0.1) is 0 Å². The number of carbonyl (C=O) groups is 1. The highest BCUT2D eigenvalue weighted by molar-refractivity contribution is 5.97. The number of H-pyrrole nitrogens is 1. The van der Waals surface area contributed by atoms with Crippen LogP contribution in [0.1, 0.15) is 45.9 Å². The molecule has 1 atom stereocenters. The van der Waals surface area contributed by atoms with E-state index in [-0.39, 0.29) is 11.9 Å². The quantitative estimate of drug-likeness (QED) is 0.250. The summed E-state index contributed by atoms with van der Waals surface area (Å²) >= 11 is 0. The summed E-state index contributed by atoms with van der Waals surface area (Å²) in [6, 6.07) is 20.3. The molecule has 5 aromatic rings. The normalized spacial score (nSPS) is 15.1. The van der Waals surface area contributed by atoms with Crippen molar-refractivity contribution < 1.29 is 4.79 Å². The van der Waals surface area contributed by atoms with Gasteiger partial charge in [0, 0.05) is 37.8 Å². The number of aromatic nitrogens is 4. The molecule has 0 bridgehead atoms. The van der Waals surface area contributed by atoms with E-state index in [0.29, 0.717) is 30.8 Å². The molecule has 0 saturated carbocycles. The van der Waals surface area contributed by atoms with Gasteiger partial charge in [-0.25, -0.2) is 9.97 Å². The van der Waals surface area contributed by atoms with Crippen LogP contribution in [0, 0.1) is 5.41 Å². The fourth-order valence-corrected chi connectivity index (χ4v) is 5.31. The van der Waals surface area contributed by atoms with E-state index in [2.05, 4.69) is 45.9 Å². The summed E-state index contributed by atoms with van der Waals surface area (Å²) in [5, 5.41) is 16.8. The number of aromatic amines is 1. The van der Waals surface area contributed by atoms with Crippen LogP contribution in [-0.2, 0) is 32.9 Å². The van der Waals surface area contributed by atoms with Crippen molar-refractivity contribution >= 4 is 33.4 Å². The lowest BCUT2D eigenvalue weighted by Gasteiger charge is -2.21. The summed E-state index contributed by atoms with van der Waals surface area (Å²) in [7, 11) is 1.98. The lowest BCUT2D eigenvalue weighted by atomic mass is 10.0. The van der Waals surface area contributed by atoms with Crippen molar-refractivity contribution in [3.05, 3.63) is 94.8 Å². The summed E-state index contributed by atoms with van der Waals surface area (Å²) in [4.78, 5) is 26.0. The average Bonchev–Trinajstić information content (AvgIpc) is 3.47. The molecule has 0 spiro atoms. The molecule has 0 aliphatic carbocycles. The Morgan fingerprint density at radius 2 is 1.97 bits per heavy atom. The highest BCUT2D eigenvalue weighted by Gasteiger charge is 2.23. The Balaban J connectivity index is 1.14. The fraction of sp³-hybridized carbons (Fsp3) is 0.267. The predicted octanol–water partition coefficient (Wildman–Crippen LogP) is 4.07. The van der Waals surface area contributed by atoms with E-state index < -0.39 is 0 Å². The van der Waals surface area contributed by atoms with Crippen LogP contribution in [0.5, 0.6) is 0 Å². The number of hydrogen-bond donors (Lipinski definition) is 4. The van der Waals surface area contributed by atoms with Gasteiger partial charge >= 0.3 is 0 Å². The summed E-state index contributed by atoms with van der Waals surface area (Å²) < 4.78 is 2.03. The van der Waals surface area contributed by atoms with Crippen LogP contribution < -0.4 is 10.6 Å². The van der Waals surface area contributed by atoms with Gasteiger partial charge in [-0.2, -0.15) is 0 Å². The molecule has 192 valence electrons. The fourth-order valence-electron chi connectivity index (χ4n) is 5.31. The Morgan fingerprint density at radius 1 is 1.13 bits per heavy atom. The molecule has 38 heavy (non-hydrogen) atoms. The molecule has 0 fully saturated rings. The maximum atomic E-state index is 13.0. The van der Waals surface area contributed by atoms with Gasteiger partial charge in [-0.05, 0) is 47.9 Å². The standard InChI is InChI=1S/C30H31N7O/c1-18(31)24-15-25-26(17-33-24)35-28(34-25)16-29-36-23-11-10-21(14-27(23)37(29)2)30(38)32-13-12-20-8-5-7-19-6-3-4-9-22(19)20/h3-11,14,24,31,33H,12-13,15-17H2,1-2H3,(H,32,38)(H,34,35). The number of aryl methyl sites for hydroxylation is 1. The Bertz CT molecular complexity index is 1670. The third kappa shape index (κ3) is 4.59. The van der Waals surface area contributed by atoms with Crippen LogP contribution in [0.3, 0.4) is 0 Å². The molecule has 6 rings (SSSR count). The van der Waals surface area contributed by atoms with Crippen LogP contribution in [0.15, 0.2) is 60.7 Å². The summed E-state index contributed by atoms with van der Waals surface area (Å²) in [6.45, 7) is 3.08. The minimum atomic E-state index is -0.0860. The lowest BCUT2D eigenvalue weighted by Crippen LogP contribution is -2.40. The summed E-state index contributed by atoms with van der Waals surface area (Å²) in [6.07, 6.45) is 2.07. The number of amides is 1. The van der Waals surface area contributed by atoms with Gasteiger partial charge in [0.05, 0.1) is 34.9 Å². The van der Waals surface area contributed by atoms with E-state index >= 15 is 0 Å². The molecule has 1 unspecified atom stereocenters. The topological polar surface area (TPSA) is 111 Å². The molecule has 8 heteroatoms. The van der Waals surface area contributed by atoms with Gasteiger partial charge in [-0.1, -0.05) is 42.5 Å². The first-order chi connectivity index (χ1) is 18.5. The molecule has 3 heterocycles. The Kier molecular flexibility index (Phi) is 6.25. The molecule has 0 radical (unpaired) electrons. The second kappa shape index (κ2) is 9.87. The van der Waals surface area contributed by atoms with Crippen molar-refractivity contribution in [1.29, 1.82) is 5.41 Å². The maximum absolute atomic E-state index is 13.0. The molecule has 0 saturated heterocycles. The summed E-state index contributed by atoms with van der Waals surface area (Å²) in [5.74, 6) is 1.66. The third-order valence-corrected chi connectivity index (χ3v) is 7.48. The molecular formula is C30H31N7O. The Morgan fingerprint density at radius 3 is 2.84 bits per heavy atom. The molecule has 1 amide bonds.